The number of aromatic nitrogens is 1. The van der Waals surface area contributed by atoms with E-state index in [4.69, 9.17) is 16.3 Å². The van der Waals surface area contributed by atoms with Gasteiger partial charge in [-0.2, -0.15) is 0 Å². The van der Waals surface area contributed by atoms with E-state index in [-0.39, 0.29) is 18.6 Å². The monoisotopic (exact) mass is 339 g/mol. The number of nitrogens with zero attached hydrogens (tertiary/aromatic N) is 2. The number of likely N-dealkylation sites (N-methyl/N-ethyl adjacent to an activating group) is 1. The van der Waals surface area contributed by atoms with Crippen molar-refractivity contribution >= 4 is 44.2 Å². The second-order valence-electron chi connectivity index (χ2n) is 5.38. The van der Waals surface area contributed by atoms with Crippen molar-refractivity contribution in [3.05, 3.63) is 23.2 Å². The van der Waals surface area contributed by atoms with Crippen molar-refractivity contribution in [1.82, 2.24) is 10.3 Å². The number of carbonyl (C=O) groups excluding carboxylic acids is 1. The molecule has 1 saturated heterocycles. The SMILES string of the molecule is CN(CC(=O)NCC1CCCO1)c1nc2c(Cl)cccc2s1. The summed E-state index contributed by atoms with van der Waals surface area (Å²) >= 11 is 7.67. The average molecular weight is 340 g/mol. The molecule has 0 bridgehead atoms. The minimum atomic E-state index is -0.0247. The smallest absolute Gasteiger partial charge is 0.239 e. The molecular formula is C15H18ClN3O2S. The number of rotatable bonds is 5. The third-order valence-electron chi connectivity index (χ3n) is 3.62. The molecule has 3 rings (SSSR count). The molecule has 22 heavy (non-hydrogen) atoms. The molecule has 0 spiro atoms. The molecule has 1 aromatic carbocycles. The second kappa shape index (κ2) is 6.81. The summed E-state index contributed by atoms with van der Waals surface area (Å²) in [5, 5.41) is 4.34. The number of hydrogen-bond acceptors (Lipinski definition) is 5. The standard InChI is InChI=1S/C15H18ClN3O2S/c1-19(9-13(20)17-8-10-4-3-7-21-10)15-18-14-11(16)5-2-6-12(14)22-15/h2,5-6,10H,3-4,7-9H2,1H3,(H,17,20). The molecule has 1 amide bonds. The highest BCUT2D eigenvalue weighted by molar-refractivity contribution is 7.22. The van der Waals surface area contributed by atoms with E-state index in [0.29, 0.717) is 11.6 Å². The van der Waals surface area contributed by atoms with Gasteiger partial charge in [-0.3, -0.25) is 4.79 Å². The number of nitrogens with one attached hydrogen (secondary N) is 1. The van der Waals surface area contributed by atoms with Crippen molar-refractivity contribution in [3.8, 4) is 0 Å². The number of benzene rings is 1. The molecule has 2 heterocycles. The summed E-state index contributed by atoms with van der Waals surface area (Å²) in [4.78, 5) is 18.4. The van der Waals surface area contributed by atoms with Crippen LogP contribution in [0.2, 0.25) is 5.02 Å². The van der Waals surface area contributed by atoms with Crippen LogP contribution in [0.25, 0.3) is 10.2 Å². The Labute approximate surface area is 138 Å². The first-order chi connectivity index (χ1) is 10.6. The molecule has 0 saturated carbocycles. The van der Waals surface area contributed by atoms with E-state index in [2.05, 4.69) is 10.3 Å². The second-order valence-corrected chi connectivity index (χ2v) is 6.79. The molecule has 2 aromatic rings. The van der Waals surface area contributed by atoms with E-state index in [1.165, 1.54) is 11.3 Å². The Balaban J connectivity index is 1.58. The van der Waals surface area contributed by atoms with Gasteiger partial charge in [0.1, 0.15) is 5.52 Å². The van der Waals surface area contributed by atoms with Gasteiger partial charge in [-0.25, -0.2) is 4.98 Å². The van der Waals surface area contributed by atoms with Crippen molar-refractivity contribution in [2.45, 2.75) is 18.9 Å². The van der Waals surface area contributed by atoms with Crippen molar-refractivity contribution in [2.75, 3.05) is 31.6 Å². The van der Waals surface area contributed by atoms with Crippen LogP contribution in [0, 0.1) is 0 Å². The van der Waals surface area contributed by atoms with Crippen molar-refractivity contribution in [2.24, 2.45) is 0 Å². The maximum Gasteiger partial charge on any atom is 0.239 e. The quantitative estimate of drug-likeness (QED) is 0.910. The van der Waals surface area contributed by atoms with Crippen molar-refractivity contribution < 1.29 is 9.53 Å². The number of carbonyl (C=O) groups is 1. The largest absolute Gasteiger partial charge is 0.376 e. The number of fused-ring (bicyclic) bond motifs is 1. The zero-order valence-corrected chi connectivity index (χ0v) is 13.9. The Kier molecular flexibility index (Phi) is 4.81. The van der Waals surface area contributed by atoms with E-state index in [9.17, 15) is 4.79 Å². The van der Waals surface area contributed by atoms with Gasteiger partial charge >= 0.3 is 0 Å². The van der Waals surface area contributed by atoms with Crippen LogP contribution in [0.3, 0.4) is 0 Å². The lowest BCUT2D eigenvalue weighted by molar-refractivity contribution is -0.120. The van der Waals surface area contributed by atoms with E-state index in [1.807, 2.05) is 30.1 Å². The minimum Gasteiger partial charge on any atom is -0.376 e. The van der Waals surface area contributed by atoms with Crippen molar-refractivity contribution in [1.29, 1.82) is 0 Å². The van der Waals surface area contributed by atoms with Crippen LogP contribution in [-0.4, -0.2) is 43.7 Å². The molecule has 1 aliphatic rings. The van der Waals surface area contributed by atoms with Gasteiger partial charge in [0.2, 0.25) is 5.91 Å². The molecule has 1 fully saturated rings. The summed E-state index contributed by atoms with van der Waals surface area (Å²) in [6.45, 7) is 1.65. The van der Waals surface area contributed by atoms with Crippen LogP contribution < -0.4 is 10.2 Å². The van der Waals surface area contributed by atoms with Crippen LogP contribution in [0.4, 0.5) is 5.13 Å². The Morgan fingerprint density at radius 2 is 2.45 bits per heavy atom. The Hall–Kier alpha value is -1.37. The summed E-state index contributed by atoms with van der Waals surface area (Å²) in [6.07, 6.45) is 2.26. The lowest BCUT2D eigenvalue weighted by atomic mass is 10.2. The van der Waals surface area contributed by atoms with Gasteiger partial charge in [0.05, 0.1) is 22.4 Å². The molecule has 5 nitrogen and oxygen atoms in total. The van der Waals surface area contributed by atoms with Crippen LogP contribution in [0.5, 0.6) is 0 Å². The van der Waals surface area contributed by atoms with Crippen LogP contribution in [0.1, 0.15) is 12.8 Å². The fraction of sp³-hybridized carbons (Fsp3) is 0.467. The Bertz CT molecular complexity index is 670. The van der Waals surface area contributed by atoms with Gasteiger partial charge < -0.3 is 15.0 Å². The molecule has 118 valence electrons. The maximum absolute atomic E-state index is 12.0. The molecular weight excluding hydrogens is 322 g/mol. The molecule has 1 atom stereocenters. The molecule has 0 radical (unpaired) electrons. The highest BCUT2D eigenvalue weighted by Gasteiger charge is 2.17. The third kappa shape index (κ3) is 3.51. The molecule has 7 heteroatoms. The zero-order chi connectivity index (χ0) is 15.5. The van der Waals surface area contributed by atoms with Crippen molar-refractivity contribution in [3.63, 3.8) is 0 Å². The van der Waals surface area contributed by atoms with Gasteiger partial charge in [0.25, 0.3) is 0 Å². The topological polar surface area (TPSA) is 54.5 Å². The van der Waals surface area contributed by atoms with Crippen LogP contribution in [0.15, 0.2) is 18.2 Å². The third-order valence-corrected chi connectivity index (χ3v) is 5.06. The molecule has 1 unspecified atom stereocenters. The van der Waals surface area contributed by atoms with E-state index in [1.54, 1.807) is 0 Å². The van der Waals surface area contributed by atoms with E-state index < -0.39 is 0 Å². The van der Waals surface area contributed by atoms with Crippen LogP contribution in [-0.2, 0) is 9.53 Å². The highest BCUT2D eigenvalue weighted by Crippen LogP contribution is 2.32. The summed E-state index contributed by atoms with van der Waals surface area (Å²) in [6, 6.07) is 5.70. The molecule has 0 aliphatic carbocycles. The summed E-state index contributed by atoms with van der Waals surface area (Å²) in [5.74, 6) is -0.0247. The first kappa shape index (κ1) is 15.5. The summed E-state index contributed by atoms with van der Waals surface area (Å²) in [7, 11) is 1.86. The molecule has 1 N–H and O–H groups in total. The number of hydrogen-bond donors (Lipinski definition) is 1. The number of halogens is 1. The number of anilines is 1. The first-order valence-corrected chi connectivity index (χ1v) is 8.47. The normalized spacial score (nSPS) is 17.8. The maximum atomic E-state index is 12.0. The summed E-state index contributed by atoms with van der Waals surface area (Å²) in [5.41, 5.74) is 0.788. The number of para-hydroxylation sites is 1. The van der Waals surface area contributed by atoms with Crippen LogP contribution >= 0.6 is 22.9 Å². The van der Waals surface area contributed by atoms with E-state index >= 15 is 0 Å². The Morgan fingerprint density at radius 1 is 1.59 bits per heavy atom. The fourth-order valence-corrected chi connectivity index (χ4v) is 3.66. The van der Waals surface area contributed by atoms with Gasteiger partial charge in [0, 0.05) is 20.2 Å². The molecule has 1 aliphatic heterocycles. The lowest BCUT2D eigenvalue weighted by Gasteiger charge is -2.16. The predicted octanol–water partition coefficient (Wildman–Crippen LogP) is 2.68. The minimum absolute atomic E-state index is 0.0247. The molecule has 1 aromatic heterocycles. The highest BCUT2D eigenvalue weighted by atomic mass is 35.5. The lowest BCUT2D eigenvalue weighted by Crippen LogP contribution is -2.38. The number of amides is 1. The Morgan fingerprint density at radius 3 is 3.18 bits per heavy atom. The average Bonchev–Trinajstić information content (AvgIpc) is 3.15. The number of ether oxygens (including phenoxy) is 1. The van der Waals surface area contributed by atoms with Gasteiger partial charge in [-0.05, 0) is 25.0 Å². The fourth-order valence-electron chi connectivity index (χ4n) is 2.44. The number of thiazole rings is 1. The predicted molar refractivity (Wildman–Crippen MR) is 89.9 cm³/mol. The van der Waals surface area contributed by atoms with E-state index in [0.717, 1.165) is 34.8 Å². The zero-order valence-electron chi connectivity index (χ0n) is 12.3. The summed E-state index contributed by atoms with van der Waals surface area (Å²) < 4.78 is 6.52. The first-order valence-electron chi connectivity index (χ1n) is 7.28. The van der Waals surface area contributed by atoms with Gasteiger partial charge in [-0.1, -0.05) is 29.0 Å². The van der Waals surface area contributed by atoms with Gasteiger partial charge in [0.15, 0.2) is 5.13 Å². The van der Waals surface area contributed by atoms with Gasteiger partial charge in [-0.15, -0.1) is 0 Å².